The van der Waals surface area contributed by atoms with Crippen molar-refractivity contribution in [2.45, 2.75) is 17.6 Å². The highest BCUT2D eigenvalue weighted by atomic mass is 32.2. The van der Waals surface area contributed by atoms with E-state index in [1.807, 2.05) is 13.0 Å². The van der Waals surface area contributed by atoms with Crippen molar-refractivity contribution < 1.29 is 8.95 Å². The molecule has 0 aliphatic carbocycles. The van der Waals surface area contributed by atoms with Crippen LogP contribution in [0, 0.1) is 18.3 Å². The number of methoxy groups -OCH3 is 1. The second kappa shape index (κ2) is 6.42. The van der Waals surface area contributed by atoms with Crippen LogP contribution in [-0.2, 0) is 16.6 Å². The minimum absolute atomic E-state index is 0.294. The average molecular weight is 300 g/mol. The summed E-state index contributed by atoms with van der Waals surface area (Å²) in [6.45, 7) is 1.88. The van der Waals surface area contributed by atoms with Gasteiger partial charge in [0, 0.05) is 16.1 Å². The number of anilines is 1. The van der Waals surface area contributed by atoms with Crippen LogP contribution >= 0.6 is 0 Å². The van der Waals surface area contributed by atoms with Crippen molar-refractivity contribution in [2.75, 3.05) is 12.8 Å². The van der Waals surface area contributed by atoms with Crippen LogP contribution in [0.1, 0.15) is 16.7 Å². The van der Waals surface area contributed by atoms with E-state index in [4.69, 9.17) is 15.7 Å². The first-order valence-electron chi connectivity index (χ1n) is 6.36. The van der Waals surface area contributed by atoms with Gasteiger partial charge in [0.25, 0.3) is 0 Å². The Morgan fingerprint density at radius 2 is 2.05 bits per heavy atom. The van der Waals surface area contributed by atoms with E-state index >= 15 is 0 Å². The molecule has 1 unspecified atom stereocenters. The molecule has 2 aromatic carbocycles. The summed E-state index contributed by atoms with van der Waals surface area (Å²) in [4.78, 5) is 0.714. The van der Waals surface area contributed by atoms with Gasteiger partial charge >= 0.3 is 0 Å². The van der Waals surface area contributed by atoms with Crippen LogP contribution in [0.25, 0.3) is 0 Å². The van der Waals surface area contributed by atoms with Crippen molar-refractivity contribution in [1.82, 2.24) is 0 Å². The SMILES string of the molecule is COc1ccc(C#N)cc1CS(=O)c1ccc(N)c(C)c1. The summed E-state index contributed by atoms with van der Waals surface area (Å²) >= 11 is 0. The van der Waals surface area contributed by atoms with E-state index in [-0.39, 0.29) is 0 Å². The number of hydrogen-bond acceptors (Lipinski definition) is 4. The molecule has 0 saturated carbocycles. The first kappa shape index (κ1) is 15.1. The van der Waals surface area contributed by atoms with E-state index in [9.17, 15) is 4.21 Å². The van der Waals surface area contributed by atoms with Crippen molar-refractivity contribution in [3.05, 3.63) is 53.1 Å². The summed E-state index contributed by atoms with van der Waals surface area (Å²) < 4.78 is 17.7. The fraction of sp³-hybridized carbons (Fsp3) is 0.188. The number of nitrogens with zero attached hydrogens (tertiary/aromatic N) is 1. The van der Waals surface area contributed by atoms with Crippen LogP contribution in [0.3, 0.4) is 0 Å². The Balaban J connectivity index is 2.30. The molecule has 2 aromatic rings. The van der Waals surface area contributed by atoms with Crippen LogP contribution in [0.4, 0.5) is 5.69 Å². The Kier molecular flexibility index (Phi) is 4.61. The number of ether oxygens (including phenoxy) is 1. The van der Waals surface area contributed by atoms with Crippen LogP contribution in [-0.4, -0.2) is 11.3 Å². The Morgan fingerprint density at radius 3 is 2.67 bits per heavy atom. The molecular weight excluding hydrogens is 284 g/mol. The second-order valence-electron chi connectivity index (χ2n) is 4.65. The van der Waals surface area contributed by atoms with Gasteiger partial charge in [0.2, 0.25) is 0 Å². The maximum Gasteiger partial charge on any atom is 0.123 e. The standard InChI is InChI=1S/C16H16N2O2S/c1-11-7-14(4-5-15(11)18)21(19)10-13-8-12(9-17)3-6-16(13)20-2/h3-8H,10,18H2,1-2H3. The van der Waals surface area contributed by atoms with Crippen LogP contribution in [0.2, 0.25) is 0 Å². The first-order chi connectivity index (χ1) is 10.0. The zero-order valence-corrected chi connectivity index (χ0v) is 12.7. The Hall–Kier alpha value is -2.32. The van der Waals surface area contributed by atoms with Gasteiger partial charge in [0.05, 0.1) is 35.3 Å². The van der Waals surface area contributed by atoms with E-state index in [0.29, 0.717) is 27.6 Å². The maximum absolute atomic E-state index is 12.5. The lowest BCUT2D eigenvalue weighted by Crippen LogP contribution is -2.01. The van der Waals surface area contributed by atoms with Crippen molar-refractivity contribution in [1.29, 1.82) is 5.26 Å². The summed E-state index contributed by atoms with van der Waals surface area (Å²) in [6.07, 6.45) is 0. The number of hydrogen-bond donors (Lipinski definition) is 1. The second-order valence-corrected chi connectivity index (χ2v) is 6.10. The first-order valence-corrected chi connectivity index (χ1v) is 7.68. The third kappa shape index (κ3) is 3.41. The highest BCUT2D eigenvalue weighted by Crippen LogP contribution is 2.24. The quantitative estimate of drug-likeness (QED) is 0.881. The van der Waals surface area contributed by atoms with Crippen molar-refractivity contribution in [3.8, 4) is 11.8 Å². The molecule has 0 fully saturated rings. The van der Waals surface area contributed by atoms with Gasteiger partial charge in [-0.15, -0.1) is 0 Å². The van der Waals surface area contributed by atoms with E-state index in [1.165, 1.54) is 0 Å². The van der Waals surface area contributed by atoms with Gasteiger partial charge < -0.3 is 10.5 Å². The van der Waals surface area contributed by atoms with E-state index in [1.54, 1.807) is 37.4 Å². The lowest BCUT2D eigenvalue weighted by molar-refractivity contribution is 0.411. The largest absolute Gasteiger partial charge is 0.496 e. The molecule has 5 heteroatoms. The van der Waals surface area contributed by atoms with Crippen molar-refractivity contribution in [3.63, 3.8) is 0 Å². The smallest absolute Gasteiger partial charge is 0.123 e. The molecule has 0 radical (unpaired) electrons. The number of nitrogens with two attached hydrogens (primary N) is 1. The monoisotopic (exact) mass is 300 g/mol. The van der Waals surface area contributed by atoms with E-state index in [2.05, 4.69) is 6.07 Å². The normalized spacial score (nSPS) is 11.7. The predicted octanol–water partition coefficient (Wildman–Crippen LogP) is 2.77. The zero-order chi connectivity index (χ0) is 15.4. The summed E-state index contributed by atoms with van der Waals surface area (Å²) in [5, 5.41) is 8.96. The minimum atomic E-state index is -1.22. The molecule has 0 bridgehead atoms. The number of aryl methyl sites for hydroxylation is 1. The van der Waals surface area contributed by atoms with Crippen molar-refractivity contribution in [2.24, 2.45) is 0 Å². The van der Waals surface area contributed by atoms with E-state index in [0.717, 1.165) is 11.1 Å². The van der Waals surface area contributed by atoms with Crippen molar-refractivity contribution >= 4 is 16.5 Å². The number of rotatable bonds is 4. The van der Waals surface area contributed by atoms with Gasteiger partial charge in [-0.2, -0.15) is 5.26 Å². The molecule has 1 atom stereocenters. The number of nitrogen functional groups attached to an aromatic ring is 1. The van der Waals surface area contributed by atoms with E-state index < -0.39 is 10.8 Å². The summed E-state index contributed by atoms with van der Waals surface area (Å²) in [5.74, 6) is 0.928. The van der Waals surface area contributed by atoms with Crippen LogP contribution < -0.4 is 10.5 Å². The molecule has 0 heterocycles. The van der Waals surface area contributed by atoms with Gasteiger partial charge in [-0.1, -0.05) is 0 Å². The van der Waals surface area contributed by atoms with Crippen LogP contribution in [0.15, 0.2) is 41.3 Å². The summed E-state index contributed by atoms with van der Waals surface area (Å²) in [5.41, 5.74) is 8.63. The fourth-order valence-corrected chi connectivity index (χ4v) is 3.18. The van der Waals surface area contributed by atoms with Gasteiger partial charge in [0.1, 0.15) is 5.75 Å². The third-order valence-corrected chi connectivity index (χ3v) is 4.55. The molecule has 2 rings (SSSR count). The molecule has 0 aromatic heterocycles. The highest BCUT2D eigenvalue weighted by molar-refractivity contribution is 7.84. The molecule has 2 N–H and O–H groups in total. The molecule has 0 spiro atoms. The average Bonchev–Trinajstić information content (AvgIpc) is 2.49. The molecule has 0 amide bonds. The lowest BCUT2D eigenvalue weighted by atomic mass is 10.1. The van der Waals surface area contributed by atoms with Crippen LogP contribution in [0.5, 0.6) is 5.75 Å². The predicted molar refractivity (Wildman–Crippen MR) is 83.4 cm³/mol. The molecule has 0 saturated heterocycles. The summed E-state index contributed by atoms with van der Waals surface area (Å²) in [7, 11) is 0.337. The molecule has 0 aliphatic rings. The Labute approximate surface area is 126 Å². The Morgan fingerprint density at radius 1 is 1.29 bits per heavy atom. The maximum atomic E-state index is 12.5. The van der Waals surface area contributed by atoms with Gasteiger partial charge in [0.15, 0.2) is 0 Å². The molecule has 21 heavy (non-hydrogen) atoms. The van der Waals surface area contributed by atoms with Gasteiger partial charge in [-0.25, -0.2) is 0 Å². The zero-order valence-electron chi connectivity index (χ0n) is 11.9. The number of nitriles is 1. The highest BCUT2D eigenvalue weighted by Gasteiger charge is 2.11. The molecule has 4 nitrogen and oxygen atoms in total. The molecule has 0 aliphatic heterocycles. The Bertz CT molecular complexity index is 736. The minimum Gasteiger partial charge on any atom is -0.496 e. The molecular formula is C16H16N2O2S. The third-order valence-electron chi connectivity index (χ3n) is 3.20. The lowest BCUT2D eigenvalue weighted by Gasteiger charge is -2.10. The number of benzene rings is 2. The summed E-state index contributed by atoms with van der Waals surface area (Å²) in [6, 6.07) is 12.5. The van der Waals surface area contributed by atoms with Gasteiger partial charge in [-0.05, 0) is 48.9 Å². The topological polar surface area (TPSA) is 76.1 Å². The molecule has 108 valence electrons. The fourth-order valence-electron chi connectivity index (χ4n) is 1.98. The van der Waals surface area contributed by atoms with Gasteiger partial charge in [-0.3, -0.25) is 4.21 Å².